The van der Waals surface area contributed by atoms with E-state index in [9.17, 15) is 18.3 Å². The van der Waals surface area contributed by atoms with E-state index in [1.54, 1.807) is 31.3 Å². The van der Waals surface area contributed by atoms with Gasteiger partial charge < -0.3 is 19.7 Å². The van der Waals surface area contributed by atoms with Crippen LogP contribution in [0.15, 0.2) is 60.0 Å². The van der Waals surface area contributed by atoms with Crippen molar-refractivity contribution in [2.45, 2.75) is 29.7 Å². The molecule has 3 atom stereocenters. The molecule has 0 unspecified atom stereocenters. The zero-order valence-electron chi connectivity index (χ0n) is 15.2. The minimum atomic E-state index is -3.87. The van der Waals surface area contributed by atoms with Crippen molar-refractivity contribution in [1.29, 1.82) is 0 Å². The summed E-state index contributed by atoms with van der Waals surface area (Å²) >= 11 is 0. The Balaban J connectivity index is 1.62. The van der Waals surface area contributed by atoms with E-state index in [1.165, 1.54) is 17.1 Å². The number of benzene rings is 1. The number of rotatable bonds is 7. The molecule has 1 aliphatic rings. The molecule has 9 nitrogen and oxygen atoms in total. The lowest BCUT2D eigenvalue weighted by atomic mass is 10.1. The fourth-order valence-electron chi connectivity index (χ4n) is 2.79. The minimum absolute atomic E-state index is 0.0433. The summed E-state index contributed by atoms with van der Waals surface area (Å²) in [5.74, 6) is -0.245. The van der Waals surface area contributed by atoms with E-state index < -0.39 is 34.9 Å². The van der Waals surface area contributed by atoms with Crippen molar-refractivity contribution in [2.75, 3.05) is 11.9 Å². The van der Waals surface area contributed by atoms with E-state index in [-0.39, 0.29) is 17.4 Å². The number of sulfonamides is 1. The molecule has 0 spiro atoms. The predicted molar refractivity (Wildman–Crippen MR) is 102 cm³/mol. The van der Waals surface area contributed by atoms with Gasteiger partial charge in [0.25, 0.3) is 10.0 Å². The number of aliphatic hydroxyl groups is 1. The number of nitrogens with one attached hydrogen (secondary N) is 2. The molecule has 0 bridgehead atoms. The molecule has 2 heterocycles. The number of imidazole rings is 1. The Morgan fingerprint density at radius 1 is 1.29 bits per heavy atom. The third kappa shape index (κ3) is 5.04. The number of nitrogens with zero attached hydrogens (tertiary/aromatic N) is 2. The van der Waals surface area contributed by atoms with Crippen LogP contribution in [0.1, 0.15) is 6.42 Å². The maximum absolute atomic E-state index is 12.4. The number of aliphatic hydroxyl groups excluding tert-OH is 1. The molecular weight excluding hydrogens is 384 g/mol. The fourth-order valence-corrected chi connectivity index (χ4v) is 3.99. The van der Waals surface area contributed by atoms with Crippen molar-refractivity contribution in [2.24, 2.45) is 7.05 Å². The first-order valence-electron chi connectivity index (χ1n) is 8.67. The van der Waals surface area contributed by atoms with Crippen molar-refractivity contribution in [3.05, 3.63) is 55.0 Å². The first-order valence-corrected chi connectivity index (χ1v) is 10.2. The second kappa shape index (κ2) is 8.65. The highest BCUT2D eigenvalue weighted by Crippen LogP contribution is 2.18. The molecule has 0 fully saturated rings. The lowest BCUT2D eigenvalue weighted by molar-refractivity contribution is -0.120. The van der Waals surface area contributed by atoms with Gasteiger partial charge in [-0.3, -0.25) is 4.79 Å². The third-order valence-corrected chi connectivity index (χ3v) is 5.50. The summed E-state index contributed by atoms with van der Waals surface area (Å²) in [4.78, 5) is 16.0. The molecule has 0 saturated heterocycles. The van der Waals surface area contributed by atoms with Crippen molar-refractivity contribution < 1.29 is 23.1 Å². The first kappa shape index (κ1) is 20.2. The van der Waals surface area contributed by atoms with Gasteiger partial charge in [-0.15, -0.1) is 0 Å². The van der Waals surface area contributed by atoms with Gasteiger partial charge >= 0.3 is 0 Å². The zero-order chi connectivity index (χ0) is 20.1. The second-order valence-electron chi connectivity index (χ2n) is 6.42. The summed E-state index contributed by atoms with van der Waals surface area (Å²) in [5, 5.41) is 12.2. The first-order chi connectivity index (χ1) is 13.4. The second-order valence-corrected chi connectivity index (χ2v) is 8.08. The van der Waals surface area contributed by atoms with E-state index in [2.05, 4.69) is 15.0 Å². The molecule has 3 rings (SSSR count). The van der Waals surface area contributed by atoms with Gasteiger partial charge in [0.2, 0.25) is 5.91 Å². The molecule has 3 N–H and O–H groups in total. The van der Waals surface area contributed by atoms with Crippen molar-refractivity contribution in [3.8, 4) is 0 Å². The van der Waals surface area contributed by atoms with Gasteiger partial charge in [0.1, 0.15) is 6.10 Å². The number of carbonyl (C=O) groups is 1. The molecule has 10 heteroatoms. The topological polar surface area (TPSA) is 123 Å². The van der Waals surface area contributed by atoms with Gasteiger partial charge in [-0.05, 0) is 12.1 Å². The van der Waals surface area contributed by atoms with Crippen LogP contribution in [-0.2, 0) is 26.6 Å². The molecule has 2 aromatic rings. The molecule has 0 radical (unpaired) electrons. The number of carbonyl (C=O) groups excluding carboxylic acids is 1. The maximum atomic E-state index is 12.4. The number of amides is 1. The van der Waals surface area contributed by atoms with Crippen molar-refractivity contribution in [1.82, 2.24) is 14.3 Å². The van der Waals surface area contributed by atoms with Crippen LogP contribution in [0.2, 0.25) is 0 Å². The lowest BCUT2D eigenvalue weighted by Gasteiger charge is -2.31. The summed E-state index contributed by atoms with van der Waals surface area (Å²) in [6, 6.07) is 8.24. The molecule has 1 aromatic carbocycles. The van der Waals surface area contributed by atoms with Crippen LogP contribution in [-0.4, -0.2) is 53.8 Å². The highest BCUT2D eigenvalue weighted by atomic mass is 32.2. The van der Waals surface area contributed by atoms with Gasteiger partial charge in [0.05, 0.1) is 31.5 Å². The van der Waals surface area contributed by atoms with E-state index in [4.69, 9.17) is 4.74 Å². The minimum Gasteiger partial charge on any atom is -0.394 e. The Morgan fingerprint density at radius 3 is 2.68 bits per heavy atom. The van der Waals surface area contributed by atoms with Crippen LogP contribution in [0.3, 0.4) is 0 Å². The molecule has 0 aliphatic carbocycles. The van der Waals surface area contributed by atoms with Crippen LogP contribution in [0.5, 0.6) is 0 Å². The summed E-state index contributed by atoms with van der Waals surface area (Å²) in [6.07, 6.45) is 4.61. The molecule has 0 saturated carbocycles. The normalized spacial score (nSPS) is 22.1. The number of hydrogen-bond donors (Lipinski definition) is 3. The Morgan fingerprint density at radius 2 is 2.04 bits per heavy atom. The number of ether oxygens (including phenoxy) is 1. The third-order valence-electron chi connectivity index (χ3n) is 4.16. The highest BCUT2D eigenvalue weighted by Gasteiger charge is 2.32. The van der Waals surface area contributed by atoms with Crippen LogP contribution in [0, 0.1) is 0 Å². The van der Waals surface area contributed by atoms with Crippen LogP contribution in [0.4, 0.5) is 5.69 Å². The number of hydrogen-bond acceptors (Lipinski definition) is 6. The number of aryl methyl sites for hydroxylation is 1. The van der Waals surface area contributed by atoms with E-state index in [1.807, 2.05) is 18.2 Å². The van der Waals surface area contributed by atoms with Crippen LogP contribution in [0.25, 0.3) is 0 Å². The summed E-state index contributed by atoms with van der Waals surface area (Å²) in [6.45, 7) is -0.406. The molecular formula is C18H22N4O5S. The lowest BCUT2D eigenvalue weighted by Crippen LogP contribution is -2.48. The maximum Gasteiger partial charge on any atom is 0.260 e. The number of anilines is 1. The number of aromatic nitrogens is 2. The Hall–Kier alpha value is -2.53. The Labute approximate surface area is 163 Å². The molecule has 1 amide bonds. The van der Waals surface area contributed by atoms with E-state index >= 15 is 0 Å². The molecule has 1 aromatic heterocycles. The molecule has 1 aliphatic heterocycles. The summed E-state index contributed by atoms with van der Waals surface area (Å²) in [5.41, 5.74) is 0.673. The van der Waals surface area contributed by atoms with Crippen molar-refractivity contribution in [3.63, 3.8) is 0 Å². The Bertz CT molecular complexity index is 942. The SMILES string of the molecule is Cn1cnc(S(=O)(=O)N[C@@H]2C=C[C@@H](CC(=O)Nc3ccccc3)O[C@@H]2CO)c1. The summed E-state index contributed by atoms with van der Waals surface area (Å²) < 4.78 is 34.5. The molecule has 150 valence electrons. The van der Waals surface area contributed by atoms with Gasteiger partial charge in [0.15, 0.2) is 5.03 Å². The van der Waals surface area contributed by atoms with Gasteiger partial charge in [-0.2, -0.15) is 0 Å². The smallest absolute Gasteiger partial charge is 0.260 e. The van der Waals surface area contributed by atoms with E-state index in [0.29, 0.717) is 5.69 Å². The highest BCUT2D eigenvalue weighted by molar-refractivity contribution is 7.89. The fraction of sp³-hybridized carbons (Fsp3) is 0.333. The van der Waals surface area contributed by atoms with Crippen LogP contribution >= 0.6 is 0 Å². The summed E-state index contributed by atoms with van der Waals surface area (Å²) in [7, 11) is -2.20. The van der Waals surface area contributed by atoms with Gasteiger partial charge in [-0.25, -0.2) is 18.1 Å². The van der Waals surface area contributed by atoms with Crippen molar-refractivity contribution >= 4 is 21.6 Å². The predicted octanol–water partition coefficient (Wildman–Crippen LogP) is 0.412. The largest absolute Gasteiger partial charge is 0.394 e. The average Bonchev–Trinajstić information content (AvgIpc) is 3.11. The van der Waals surface area contributed by atoms with Gasteiger partial charge in [-0.1, -0.05) is 30.4 Å². The standard InChI is InChI=1S/C18H22N4O5S/c1-22-10-18(19-12-22)28(25,26)21-15-8-7-14(27-16(15)11-23)9-17(24)20-13-5-3-2-4-6-13/h2-8,10,12,14-16,21,23H,9,11H2,1H3,(H,20,24)/t14-,15+,16+/m0/s1. The zero-order valence-corrected chi connectivity index (χ0v) is 16.0. The van der Waals surface area contributed by atoms with E-state index in [0.717, 1.165) is 0 Å². The molecule has 28 heavy (non-hydrogen) atoms. The quantitative estimate of drug-likeness (QED) is 0.573. The van der Waals surface area contributed by atoms with Crippen LogP contribution < -0.4 is 10.0 Å². The average molecular weight is 406 g/mol. The number of para-hydroxylation sites is 1. The Kier molecular flexibility index (Phi) is 6.25. The monoisotopic (exact) mass is 406 g/mol. The van der Waals surface area contributed by atoms with Gasteiger partial charge in [0, 0.05) is 18.9 Å².